The Hall–Kier alpha value is -2.08. The molecule has 3 heterocycles. The number of fused-ring (bicyclic) bond motifs is 3. The average molecular weight is 342 g/mol. The first-order chi connectivity index (χ1) is 12.1. The molecule has 134 valence electrons. The fourth-order valence-corrected chi connectivity index (χ4v) is 4.60. The van der Waals surface area contributed by atoms with Crippen molar-refractivity contribution in [1.29, 1.82) is 0 Å². The van der Waals surface area contributed by atoms with Crippen molar-refractivity contribution >= 4 is 16.8 Å². The number of methoxy groups -OCH3 is 1. The summed E-state index contributed by atoms with van der Waals surface area (Å²) in [5.74, 6) is 0.596. The molecule has 0 radical (unpaired) electrons. The SMILES string of the molecule is COc1cccc2c1c(C(=O)NC1C[C@@H]3CCC[C@@H](C1)N3C)nn2C. The Balaban J connectivity index is 1.59. The maximum absolute atomic E-state index is 13.0. The number of rotatable bonds is 3. The largest absolute Gasteiger partial charge is 0.496 e. The van der Waals surface area contributed by atoms with Crippen LogP contribution in [0.1, 0.15) is 42.6 Å². The number of ether oxygens (including phenoxy) is 1. The molecule has 2 aliphatic rings. The summed E-state index contributed by atoms with van der Waals surface area (Å²) in [7, 11) is 5.71. The molecule has 2 aromatic rings. The highest BCUT2D eigenvalue weighted by Crippen LogP contribution is 2.33. The van der Waals surface area contributed by atoms with Crippen molar-refractivity contribution in [3.05, 3.63) is 23.9 Å². The molecule has 1 aromatic heterocycles. The molecular weight excluding hydrogens is 316 g/mol. The summed E-state index contributed by atoms with van der Waals surface area (Å²) in [6.45, 7) is 0. The predicted molar refractivity (Wildman–Crippen MR) is 96.9 cm³/mol. The lowest BCUT2D eigenvalue weighted by atomic mass is 9.82. The Bertz CT molecular complexity index is 786. The van der Waals surface area contributed by atoms with Crippen molar-refractivity contribution < 1.29 is 9.53 Å². The van der Waals surface area contributed by atoms with Gasteiger partial charge < -0.3 is 15.0 Å². The van der Waals surface area contributed by atoms with E-state index in [9.17, 15) is 4.79 Å². The summed E-state index contributed by atoms with van der Waals surface area (Å²) in [5.41, 5.74) is 1.36. The molecule has 2 aliphatic heterocycles. The van der Waals surface area contributed by atoms with Gasteiger partial charge in [-0.15, -0.1) is 0 Å². The normalized spacial score (nSPS) is 26.6. The maximum atomic E-state index is 13.0. The van der Waals surface area contributed by atoms with Gasteiger partial charge in [-0.05, 0) is 44.9 Å². The van der Waals surface area contributed by atoms with Crippen LogP contribution in [0, 0.1) is 0 Å². The number of amides is 1. The first-order valence-corrected chi connectivity index (χ1v) is 9.11. The second-order valence-corrected chi connectivity index (χ2v) is 7.37. The van der Waals surface area contributed by atoms with Crippen LogP contribution < -0.4 is 10.1 Å². The number of benzene rings is 1. The number of nitrogens with one attached hydrogen (secondary N) is 1. The third kappa shape index (κ3) is 2.78. The van der Waals surface area contributed by atoms with E-state index < -0.39 is 0 Å². The fraction of sp³-hybridized carbons (Fsp3) is 0.579. The zero-order valence-electron chi connectivity index (χ0n) is 15.2. The van der Waals surface area contributed by atoms with E-state index >= 15 is 0 Å². The summed E-state index contributed by atoms with van der Waals surface area (Å²) in [6, 6.07) is 7.16. The number of hydrogen-bond acceptors (Lipinski definition) is 4. The van der Waals surface area contributed by atoms with Crippen molar-refractivity contribution in [2.45, 2.75) is 50.2 Å². The lowest BCUT2D eigenvalue weighted by Gasteiger charge is -2.47. The molecule has 6 heteroatoms. The molecule has 2 atom stereocenters. The van der Waals surface area contributed by atoms with Gasteiger partial charge in [0.25, 0.3) is 5.91 Å². The van der Waals surface area contributed by atoms with Crippen molar-refractivity contribution in [2.75, 3.05) is 14.2 Å². The van der Waals surface area contributed by atoms with Crippen LogP contribution in [0.15, 0.2) is 18.2 Å². The molecule has 0 spiro atoms. The molecule has 2 bridgehead atoms. The average Bonchev–Trinajstić information content (AvgIpc) is 2.93. The monoisotopic (exact) mass is 342 g/mol. The number of nitrogens with zero attached hydrogens (tertiary/aromatic N) is 3. The number of aryl methyl sites for hydroxylation is 1. The van der Waals surface area contributed by atoms with Gasteiger partial charge in [0.2, 0.25) is 0 Å². The van der Waals surface area contributed by atoms with Gasteiger partial charge in [-0.1, -0.05) is 12.5 Å². The van der Waals surface area contributed by atoms with Crippen LogP contribution in [0.2, 0.25) is 0 Å². The Kier molecular flexibility index (Phi) is 4.15. The summed E-state index contributed by atoms with van der Waals surface area (Å²) in [6.07, 6.45) is 5.84. The van der Waals surface area contributed by atoms with E-state index in [1.54, 1.807) is 11.8 Å². The van der Waals surface area contributed by atoms with Crippen LogP contribution in [-0.4, -0.2) is 52.9 Å². The second kappa shape index (κ2) is 6.33. The van der Waals surface area contributed by atoms with E-state index in [1.165, 1.54) is 19.3 Å². The van der Waals surface area contributed by atoms with E-state index in [-0.39, 0.29) is 11.9 Å². The van der Waals surface area contributed by atoms with Gasteiger partial charge in [0.1, 0.15) is 5.75 Å². The summed E-state index contributed by atoms with van der Waals surface area (Å²) in [4.78, 5) is 15.5. The second-order valence-electron chi connectivity index (χ2n) is 7.37. The first kappa shape index (κ1) is 16.4. The van der Waals surface area contributed by atoms with Gasteiger partial charge in [0, 0.05) is 25.2 Å². The Morgan fingerprint density at radius 1 is 1.24 bits per heavy atom. The van der Waals surface area contributed by atoms with Crippen molar-refractivity contribution in [1.82, 2.24) is 20.0 Å². The van der Waals surface area contributed by atoms with Crippen molar-refractivity contribution in [3.63, 3.8) is 0 Å². The Labute approximate surface area is 148 Å². The van der Waals surface area contributed by atoms with Crippen LogP contribution in [0.25, 0.3) is 10.9 Å². The van der Waals surface area contributed by atoms with E-state index in [4.69, 9.17) is 4.74 Å². The first-order valence-electron chi connectivity index (χ1n) is 9.11. The zero-order chi connectivity index (χ0) is 17.6. The molecule has 2 saturated heterocycles. The molecular formula is C19H26N4O2. The molecule has 4 rings (SSSR count). The fourth-order valence-electron chi connectivity index (χ4n) is 4.60. The molecule has 2 fully saturated rings. The predicted octanol–water partition coefficient (Wildman–Crippen LogP) is 2.33. The van der Waals surface area contributed by atoms with Gasteiger partial charge >= 0.3 is 0 Å². The molecule has 1 amide bonds. The summed E-state index contributed by atoms with van der Waals surface area (Å²) >= 11 is 0. The number of piperidine rings is 2. The van der Waals surface area contributed by atoms with Crippen molar-refractivity contribution in [2.24, 2.45) is 7.05 Å². The lowest BCUT2D eigenvalue weighted by molar-refractivity contribution is 0.0462. The van der Waals surface area contributed by atoms with Crippen molar-refractivity contribution in [3.8, 4) is 5.75 Å². The van der Waals surface area contributed by atoms with Crippen LogP contribution in [0.3, 0.4) is 0 Å². The molecule has 25 heavy (non-hydrogen) atoms. The molecule has 1 N–H and O–H groups in total. The van der Waals surface area contributed by atoms with Crippen LogP contribution in [-0.2, 0) is 7.05 Å². The molecule has 0 saturated carbocycles. The van der Waals surface area contributed by atoms with E-state index in [2.05, 4.69) is 22.4 Å². The number of aromatic nitrogens is 2. The van der Waals surface area contributed by atoms with Gasteiger partial charge in [-0.3, -0.25) is 9.48 Å². The molecule has 0 aliphatic carbocycles. The van der Waals surface area contributed by atoms with Crippen LogP contribution in [0.4, 0.5) is 0 Å². The number of carbonyl (C=O) groups is 1. The Morgan fingerprint density at radius 3 is 2.64 bits per heavy atom. The molecule has 0 unspecified atom stereocenters. The van der Waals surface area contributed by atoms with Crippen LogP contribution in [0.5, 0.6) is 5.75 Å². The summed E-state index contributed by atoms with van der Waals surface area (Å²) < 4.78 is 7.20. The third-order valence-corrected chi connectivity index (χ3v) is 5.95. The summed E-state index contributed by atoms with van der Waals surface area (Å²) in [5, 5.41) is 8.50. The van der Waals surface area contributed by atoms with Gasteiger partial charge in [-0.2, -0.15) is 5.10 Å². The molecule has 6 nitrogen and oxygen atoms in total. The van der Waals surface area contributed by atoms with E-state index in [0.29, 0.717) is 23.5 Å². The minimum Gasteiger partial charge on any atom is -0.496 e. The highest BCUT2D eigenvalue weighted by atomic mass is 16.5. The van der Waals surface area contributed by atoms with Gasteiger partial charge in [-0.25, -0.2) is 0 Å². The zero-order valence-corrected chi connectivity index (χ0v) is 15.2. The van der Waals surface area contributed by atoms with E-state index in [0.717, 1.165) is 23.7 Å². The highest BCUT2D eigenvalue weighted by molar-refractivity contribution is 6.07. The maximum Gasteiger partial charge on any atom is 0.272 e. The number of carbonyl (C=O) groups excluding carboxylic acids is 1. The van der Waals surface area contributed by atoms with Gasteiger partial charge in [0.15, 0.2) is 5.69 Å². The third-order valence-electron chi connectivity index (χ3n) is 5.95. The van der Waals surface area contributed by atoms with Crippen LogP contribution >= 0.6 is 0 Å². The smallest absolute Gasteiger partial charge is 0.272 e. The minimum absolute atomic E-state index is 0.0947. The number of hydrogen-bond donors (Lipinski definition) is 1. The standard InChI is InChI=1S/C19H26N4O2/c1-22-13-6-4-7-14(22)11-12(10-13)20-19(24)18-17-15(23(2)21-18)8-5-9-16(17)25-3/h5,8-9,12-14H,4,6-7,10-11H2,1-3H3,(H,20,24)/t13-,14-/m0/s1. The minimum atomic E-state index is -0.0947. The molecule has 1 aromatic carbocycles. The van der Waals surface area contributed by atoms with E-state index in [1.807, 2.05) is 25.2 Å². The Morgan fingerprint density at radius 2 is 1.96 bits per heavy atom. The topological polar surface area (TPSA) is 59.4 Å². The highest BCUT2D eigenvalue weighted by Gasteiger charge is 2.37. The van der Waals surface area contributed by atoms with Gasteiger partial charge in [0.05, 0.1) is 18.0 Å². The quantitative estimate of drug-likeness (QED) is 0.930. The lowest BCUT2D eigenvalue weighted by Crippen LogP contribution is -2.55.